The Morgan fingerprint density at radius 1 is 1.12 bits per heavy atom. The summed E-state index contributed by atoms with van der Waals surface area (Å²) >= 11 is 0. The molecule has 3 rings (SSSR count). The minimum absolute atomic E-state index is 0.369. The molecule has 25 heavy (non-hydrogen) atoms. The van der Waals surface area contributed by atoms with Crippen molar-refractivity contribution in [1.29, 1.82) is 0 Å². The number of imide groups is 1. The minimum Gasteiger partial charge on any atom is -0.443 e. The van der Waals surface area contributed by atoms with E-state index in [9.17, 15) is 14.0 Å². The highest BCUT2D eigenvalue weighted by Crippen LogP contribution is 2.43. The number of carbonyl (C=O) groups excluding carboxylic acids is 2. The molecular formula is C20H20FNO3. The van der Waals surface area contributed by atoms with Crippen molar-refractivity contribution in [3.8, 4) is 0 Å². The van der Waals surface area contributed by atoms with E-state index in [1.54, 1.807) is 20.8 Å². The number of anilines is 1. The van der Waals surface area contributed by atoms with Gasteiger partial charge in [0, 0.05) is 0 Å². The molecule has 0 radical (unpaired) electrons. The van der Waals surface area contributed by atoms with Gasteiger partial charge >= 0.3 is 6.09 Å². The van der Waals surface area contributed by atoms with E-state index in [0.717, 1.165) is 16.0 Å². The Bertz CT molecular complexity index is 854. The lowest BCUT2D eigenvalue weighted by Crippen LogP contribution is -2.39. The highest BCUT2D eigenvalue weighted by atomic mass is 19.1. The van der Waals surface area contributed by atoms with Crippen molar-refractivity contribution in [2.45, 2.75) is 39.2 Å². The highest BCUT2D eigenvalue weighted by molar-refractivity contribution is 6.20. The van der Waals surface area contributed by atoms with Gasteiger partial charge in [-0.05, 0) is 62.6 Å². The van der Waals surface area contributed by atoms with E-state index in [-0.39, 0.29) is 0 Å². The first-order valence-electron chi connectivity index (χ1n) is 8.11. The van der Waals surface area contributed by atoms with Crippen molar-refractivity contribution < 1.29 is 18.7 Å². The number of halogens is 1. The van der Waals surface area contributed by atoms with Crippen molar-refractivity contribution in [2.75, 3.05) is 4.90 Å². The molecule has 5 heteroatoms. The molecule has 130 valence electrons. The summed E-state index contributed by atoms with van der Waals surface area (Å²) in [6.07, 6.45) is -0.749. The van der Waals surface area contributed by atoms with Crippen LogP contribution in [0, 0.1) is 12.7 Å². The van der Waals surface area contributed by atoms with Crippen molar-refractivity contribution in [2.24, 2.45) is 0 Å². The first kappa shape index (κ1) is 17.1. The molecule has 4 nitrogen and oxygen atoms in total. The molecule has 0 spiro atoms. The molecule has 2 aromatic carbocycles. The van der Waals surface area contributed by atoms with Gasteiger partial charge in [-0.3, -0.25) is 4.79 Å². The van der Waals surface area contributed by atoms with Crippen molar-refractivity contribution >= 4 is 17.7 Å². The van der Waals surface area contributed by atoms with Crippen LogP contribution in [-0.4, -0.2) is 17.6 Å². The fourth-order valence-corrected chi connectivity index (χ4v) is 3.05. The quantitative estimate of drug-likeness (QED) is 0.764. The standard InChI is InChI=1S/C20H20FNO3/c1-12-7-5-6-8-14(12)17-15-11-13(21)9-10-16(15)22(18(17)23)19(24)25-20(2,3)4/h5-11,17H,1-4H3. The molecule has 1 atom stereocenters. The number of benzene rings is 2. The fourth-order valence-electron chi connectivity index (χ4n) is 3.05. The number of amides is 2. The second-order valence-electron chi connectivity index (χ2n) is 7.15. The van der Waals surface area contributed by atoms with E-state index in [0.29, 0.717) is 11.3 Å². The number of aryl methyl sites for hydroxylation is 1. The monoisotopic (exact) mass is 341 g/mol. The van der Waals surface area contributed by atoms with E-state index in [1.807, 2.05) is 31.2 Å². The molecule has 1 aliphatic rings. The molecule has 0 bridgehead atoms. The van der Waals surface area contributed by atoms with Gasteiger partial charge in [-0.15, -0.1) is 0 Å². The van der Waals surface area contributed by atoms with Gasteiger partial charge in [-0.2, -0.15) is 0 Å². The number of carbonyl (C=O) groups is 2. The van der Waals surface area contributed by atoms with Gasteiger partial charge in [-0.1, -0.05) is 24.3 Å². The lowest BCUT2D eigenvalue weighted by Gasteiger charge is -2.24. The Morgan fingerprint density at radius 2 is 1.80 bits per heavy atom. The molecule has 0 aliphatic carbocycles. The molecule has 1 heterocycles. The lowest BCUT2D eigenvalue weighted by molar-refractivity contribution is -0.118. The first-order chi connectivity index (χ1) is 11.7. The van der Waals surface area contributed by atoms with Crippen LogP contribution in [0.4, 0.5) is 14.9 Å². The molecular weight excluding hydrogens is 321 g/mol. The Kier molecular flexibility index (Phi) is 4.11. The summed E-state index contributed by atoms with van der Waals surface area (Å²) in [6.45, 7) is 7.08. The third kappa shape index (κ3) is 3.14. The van der Waals surface area contributed by atoms with E-state index >= 15 is 0 Å². The molecule has 0 N–H and O–H groups in total. The fraction of sp³-hybridized carbons (Fsp3) is 0.300. The predicted octanol–water partition coefficient (Wildman–Crippen LogP) is 4.55. The second-order valence-corrected chi connectivity index (χ2v) is 7.15. The van der Waals surface area contributed by atoms with Crippen LogP contribution in [0.15, 0.2) is 42.5 Å². The highest BCUT2D eigenvalue weighted by Gasteiger charge is 2.44. The zero-order chi connectivity index (χ0) is 18.4. The molecule has 0 saturated heterocycles. The zero-order valence-electron chi connectivity index (χ0n) is 14.7. The zero-order valence-corrected chi connectivity index (χ0v) is 14.7. The first-order valence-corrected chi connectivity index (χ1v) is 8.11. The van der Waals surface area contributed by atoms with E-state index < -0.39 is 29.3 Å². The summed E-state index contributed by atoms with van der Waals surface area (Å²) < 4.78 is 19.2. The topological polar surface area (TPSA) is 46.6 Å². The van der Waals surface area contributed by atoms with Crippen molar-refractivity contribution in [3.63, 3.8) is 0 Å². The third-order valence-electron chi connectivity index (χ3n) is 4.08. The van der Waals surface area contributed by atoms with Crippen LogP contribution in [0.25, 0.3) is 0 Å². The Hall–Kier alpha value is -2.69. The van der Waals surface area contributed by atoms with Gasteiger partial charge in [0.1, 0.15) is 11.4 Å². The van der Waals surface area contributed by atoms with Crippen molar-refractivity contribution in [1.82, 2.24) is 0 Å². The maximum atomic E-state index is 13.8. The minimum atomic E-state index is -0.749. The van der Waals surface area contributed by atoms with Crippen LogP contribution in [0.3, 0.4) is 0 Å². The van der Waals surface area contributed by atoms with Crippen LogP contribution in [-0.2, 0) is 9.53 Å². The smallest absolute Gasteiger partial charge is 0.421 e. The van der Waals surface area contributed by atoms with Gasteiger partial charge in [0.2, 0.25) is 5.91 Å². The summed E-state index contributed by atoms with van der Waals surface area (Å²) in [4.78, 5) is 26.6. The van der Waals surface area contributed by atoms with E-state index in [1.165, 1.54) is 18.2 Å². The van der Waals surface area contributed by atoms with Gasteiger partial charge in [0.15, 0.2) is 0 Å². The number of nitrogens with zero attached hydrogens (tertiary/aromatic N) is 1. The van der Waals surface area contributed by atoms with Crippen LogP contribution < -0.4 is 4.90 Å². The van der Waals surface area contributed by atoms with Gasteiger partial charge in [0.25, 0.3) is 0 Å². The largest absolute Gasteiger partial charge is 0.443 e. The van der Waals surface area contributed by atoms with E-state index in [4.69, 9.17) is 4.74 Å². The normalized spacial score (nSPS) is 16.8. The van der Waals surface area contributed by atoms with Gasteiger partial charge < -0.3 is 4.74 Å². The number of hydrogen-bond donors (Lipinski definition) is 0. The number of hydrogen-bond acceptors (Lipinski definition) is 3. The SMILES string of the molecule is Cc1ccccc1C1C(=O)N(C(=O)OC(C)(C)C)c2ccc(F)cc21. The number of ether oxygens (including phenoxy) is 1. The number of fused-ring (bicyclic) bond motifs is 1. The van der Waals surface area contributed by atoms with Crippen LogP contribution in [0.2, 0.25) is 0 Å². The Labute approximate surface area is 146 Å². The molecule has 2 amide bonds. The lowest BCUT2D eigenvalue weighted by atomic mass is 9.89. The number of rotatable bonds is 1. The van der Waals surface area contributed by atoms with Crippen LogP contribution in [0.5, 0.6) is 0 Å². The van der Waals surface area contributed by atoms with Crippen molar-refractivity contribution in [3.05, 3.63) is 65.0 Å². The maximum absolute atomic E-state index is 13.8. The second kappa shape index (κ2) is 5.99. The van der Waals surface area contributed by atoms with Crippen LogP contribution >= 0.6 is 0 Å². The van der Waals surface area contributed by atoms with Gasteiger partial charge in [0.05, 0.1) is 11.6 Å². The average molecular weight is 341 g/mol. The molecule has 2 aromatic rings. The van der Waals surface area contributed by atoms with Gasteiger partial charge in [-0.25, -0.2) is 14.1 Å². The summed E-state index contributed by atoms with van der Waals surface area (Å²) in [5.74, 6) is -1.60. The molecule has 1 aliphatic heterocycles. The summed E-state index contributed by atoms with van der Waals surface area (Å²) in [6, 6.07) is 11.4. The third-order valence-corrected chi connectivity index (χ3v) is 4.08. The maximum Gasteiger partial charge on any atom is 0.421 e. The van der Waals surface area contributed by atoms with E-state index in [2.05, 4.69) is 0 Å². The summed E-state index contributed by atoms with van der Waals surface area (Å²) in [7, 11) is 0. The Balaban J connectivity index is 2.12. The summed E-state index contributed by atoms with van der Waals surface area (Å²) in [5.41, 5.74) is 1.77. The molecule has 0 saturated carbocycles. The molecule has 0 fully saturated rings. The molecule has 1 unspecified atom stereocenters. The summed E-state index contributed by atoms with van der Waals surface area (Å²) in [5, 5.41) is 0. The average Bonchev–Trinajstić information content (AvgIpc) is 2.77. The predicted molar refractivity (Wildman–Crippen MR) is 93.1 cm³/mol. The Morgan fingerprint density at radius 3 is 2.44 bits per heavy atom. The molecule has 0 aromatic heterocycles. The van der Waals surface area contributed by atoms with Crippen LogP contribution in [0.1, 0.15) is 43.4 Å².